The highest BCUT2D eigenvalue weighted by atomic mass is 16.3. The molecule has 0 bridgehead atoms. The first-order valence-corrected chi connectivity index (χ1v) is 9.28. The van der Waals surface area contributed by atoms with Crippen LogP contribution in [0.3, 0.4) is 0 Å². The molecule has 3 N–H and O–H groups in total. The van der Waals surface area contributed by atoms with Gasteiger partial charge in [-0.3, -0.25) is 4.79 Å². The number of hydrogen-bond donors (Lipinski definition) is 3. The van der Waals surface area contributed by atoms with Gasteiger partial charge in [0.25, 0.3) is 5.91 Å². The number of aliphatic hydroxyl groups excluding tert-OH is 1. The first-order chi connectivity index (χ1) is 13.6. The molecule has 142 valence electrons. The summed E-state index contributed by atoms with van der Waals surface area (Å²) in [6.45, 7) is 2.62. The van der Waals surface area contributed by atoms with E-state index in [1.807, 2.05) is 43.5 Å². The van der Waals surface area contributed by atoms with Gasteiger partial charge in [0, 0.05) is 30.3 Å². The lowest BCUT2D eigenvalue weighted by Gasteiger charge is -2.16. The van der Waals surface area contributed by atoms with Crippen LogP contribution in [0.1, 0.15) is 22.3 Å². The molecule has 1 aliphatic heterocycles. The number of hydrogen-bond acceptors (Lipinski definition) is 3. The average molecular weight is 374 g/mol. The monoisotopic (exact) mass is 374 g/mol. The zero-order valence-electron chi connectivity index (χ0n) is 15.6. The number of aryl methyl sites for hydroxylation is 1. The van der Waals surface area contributed by atoms with E-state index in [2.05, 4.69) is 4.98 Å². The normalized spacial score (nSPS) is 13.9. The smallest absolute Gasteiger partial charge is 0.251 e. The molecule has 0 saturated heterocycles. The number of nitrogens with zero attached hydrogens (tertiary/aromatic N) is 1. The van der Waals surface area contributed by atoms with Crippen LogP contribution < -0.4 is 4.90 Å². The molecule has 0 fully saturated rings. The fourth-order valence-electron chi connectivity index (χ4n) is 3.76. The minimum atomic E-state index is -0.102. The van der Waals surface area contributed by atoms with E-state index in [9.17, 15) is 9.90 Å². The molecular weight excluding hydrogens is 352 g/mol. The zero-order chi connectivity index (χ0) is 19.7. The lowest BCUT2D eigenvalue weighted by molar-refractivity contribution is -0.114. The number of benzene rings is 2. The Labute approximate surface area is 163 Å². The second-order valence-electron chi connectivity index (χ2n) is 6.94. The molecule has 0 radical (unpaired) electrons. The second-order valence-corrected chi connectivity index (χ2v) is 6.94. The summed E-state index contributed by atoms with van der Waals surface area (Å²) in [5, 5.41) is 20.2. The highest BCUT2D eigenvalue weighted by Gasteiger charge is 2.27. The summed E-state index contributed by atoms with van der Waals surface area (Å²) in [6.07, 6.45) is 9.54. The number of aromatic nitrogens is 1. The number of aliphatic hydroxyl groups is 1. The fraction of sp³-hybridized carbons (Fsp3) is 0.174. The standard InChI is InChI=1S/C23H22N2O3/c1-15-14-24-23-20(27)13-19-18(22(15)23)10-11-25(19)21(28)9-8-17-6-4-16(5-7-17)3-2-12-26/h2-9,13-14,24,26-27H,10-12H2,1H3/b3-2+,9-8+. The SMILES string of the molecule is Cc1c[nH]c2c(O)cc3c(c12)CCN3C(=O)/C=C/c1ccc(/C=C/CO)cc1. The number of anilines is 1. The topological polar surface area (TPSA) is 76.6 Å². The quantitative estimate of drug-likeness (QED) is 0.608. The Morgan fingerprint density at radius 2 is 1.93 bits per heavy atom. The summed E-state index contributed by atoms with van der Waals surface area (Å²) in [5.41, 5.74) is 5.61. The van der Waals surface area contributed by atoms with E-state index in [-0.39, 0.29) is 18.3 Å². The van der Waals surface area contributed by atoms with Gasteiger partial charge < -0.3 is 20.1 Å². The van der Waals surface area contributed by atoms with Crippen molar-refractivity contribution in [2.45, 2.75) is 13.3 Å². The summed E-state index contributed by atoms with van der Waals surface area (Å²) in [7, 11) is 0. The molecule has 3 aromatic rings. The van der Waals surface area contributed by atoms with E-state index in [0.717, 1.165) is 45.3 Å². The Balaban J connectivity index is 1.57. The Morgan fingerprint density at radius 1 is 1.21 bits per heavy atom. The van der Waals surface area contributed by atoms with Crippen molar-refractivity contribution < 1.29 is 15.0 Å². The summed E-state index contributed by atoms with van der Waals surface area (Å²) in [6, 6.07) is 9.40. The highest BCUT2D eigenvalue weighted by molar-refractivity contribution is 6.08. The third kappa shape index (κ3) is 3.21. The number of aromatic amines is 1. The maximum atomic E-state index is 12.8. The lowest BCUT2D eigenvalue weighted by Crippen LogP contribution is -2.26. The molecule has 1 aromatic heterocycles. The molecule has 0 spiro atoms. The number of fused-ring (bicyclic) bond motifs is 3. The van der Waals surface area contributed by atoms with E-state index in [1.54, 1.807) is 29.2 Å². The minimum absolute atomic E-state index is 0.0115. The van der Waals surface area contributed by atoms with Crippen molar-refractivity contribution in [3.05, 3.63) is 70.9 Å². The number of phenols is 1. The maximum absolute atomic E-state index is 12.8. The molecule has 28 heavy (non-hydrogen) atoms. The molecule has 1 amide bonds. The molecule has 4 rings (SSSR count). The summed E-state index contributed by atoms with van der Waals surface area (Å²) in [5.74, 6) is 0.0620. The first kappa shape index (κ1) is 18.1. The van der Waals surface area contributed by atoms with Gasteiger partial charge in [0.15, 0.2) is 0 Å². The Bertz CT molecular complexity index is 1090. The molecule has 2 heterocycles. The number of H-pyrrole nitrogens is 1. The van der Waals surface area contributed by atoms with Crippen LogP contribution >= 0.6 is 0 Å². The van der Waals surface area contributed by atoms with Gasteiger partial charge in [-0.25, -0.2) is 0 Å². The average Bonchev–Trinajstić information content (AvgIpc) is 3.29. The second kappa shape index (κ2) is 7.37. The van der Waals surface area contributed by atoms with Crippen LogP contribution in [0.5, 0.6) is 5.75 Å². The lowest BCUT2D eigenvalue weighted by atomic mass is 10.0. The van der Waals surface area contributed by atoms with Gasteiger partial charge in [0.2, 0.25) is 0 Å². The van der Waals surface area contributed by atoms with Crippen molar-refractivity contribution in [1.82, 2.24) is 4.98 Å². The fourth-order valence-corrected chi connectivity index (χ4v) is 3.76. The number of amides is 1. The van der Waals surface area contributed by atoms with Crippen LogP contribution in [0.2, 0.25) is 0 Å². The molecule has 0 atom stereocenters. The number of aromatic hydroxyl groups is 1. The zero-order valence-corrected chi connectivity index (χ0v) is 15.6. The molecule has 1 aliphatic rings. The Kier molecular flexibility index (Phi) is 4.75. The molecule has 5 heteroatoms. The van der Waals surface area contributed by atoms with Crippen molar-refractivity contribution in [1.29, 1.82) is 0 Å². The van der Waals surface area contributed by atoms with E-state index < -0.39 is 0 Å². The number of rotatable bonds is 4. The molecule has 0 saturated carbocycles. The first-order valence-electron chi connectivity index (χ1n) is 9.28. The molecule has 0 unspecified atom stereocenters. The van der Waals surface area contributed by atoms with Gasteiger partial charge >= 0.3 is 0 Å². The van der Waals surface area contributed by atoms with Crippen LogP contribution in [-0.2, 0) is 11.2 Å². The Morgan fingerprint density at radius 3 is 2.64 bits per heavy atom. The van der Waals surface area contributed by atoms with Gasteiger partial charge in [-0.1, -0.05) is 36.4 Å². The van der Waals surface area contributed by atoms with Crippen LogP contribution in [0.4, 0.5) is 5.69 Å². The van der Waals surface area contributed by atoms with Crippen LogP contribution in [0.25, 0.3) is 23.1 Å². The maximum Gasteiger partial charge on any atom is 0.251 e. The van der Waals surface area contributed by atoms with Crippen molar-refractivity contribution >= 4 is 34.6 Å². The van der Waals surface area contributed by atoms with Crippen molar-refractivity contribution in [2.24, 2.45) is 0 Å². The number of carbonyl (C=O) groups excluding carboxylic acids is 1. The van der Waals surface area contributed by atoms with Crippen molar-refractivity contribution in [2.75, 3.05) is 18.1 Å². The minimum Gasteiger partial charge on any atom is -0.506 e. The van der Waals surface area contributed by atoms with Crippen molar-refractivity contribution in [3.8, 4) is 5.75 Å². The van der Waals surface area contributed by atoms with E-state index in [4.69, 9.17) is 5.11 Å². The Hall–Kier alpha value is -3.31. The summed E-state index contributed by atoms with van der Waals surface area (Å²) < 4.78 is 0. The highest BCUT2D eigenvalue weighted by Crippen LogP contribution is 2.40. The molecule has 5 nitrogen and oxygen atoms in total. The molecule has 2 aromatic carbocycles. The third-order valence-corrected chi connectivity index (χ3v) is 5.13. The third-order valence-electron chi connectivity index (χ3n) is 5.13. The van der Waals surface area contributed by atoms with Gasteiger partial charge in [-0.05, 0) is 41.7 Å². The summed E-state index contributed by atoms with van der Waals surface area (Å²) >= 11 is 0. The largest absolute Gasteiger partial charge is 0.506 e. The van der Waals surface area contributed by atoms with Crippen LogP contribution in [0, 0.1) is 6.92 Å². The number of nitrogens with one attached hydrogen (secondary N) is 1. The number of carbonyl (C=O) groups is 1. The molecular formula is C23H22N2O3. The van der Waals surface area contributed by atoms with Crippen LogP contribution in [-0.4, -0.2) is 34.3 Å². The van der Waals surface area contributed by atoms with Gasteiger partial charge in [0.1, 0.15) is 5.75 Å². The molecule has 0 aliphatic carbocycles. The van der Waals surface area contributed by atoms with Crippen LogP contribution in [0.15, 0.2) is 48.7 Å². The number of phenolic OH excluding ortho intramolecular Hbond substituents is 1. The van der Waals surface area contributed by atoms with E-state index in [0.29, 0.717) is 6.54 Å². The predicted molar refractivity (Wildman–Crippen MR) is 112 cm³/mol. The summed E-state index contributed by atoms with van der Waals surface area (Å²) in [4.78, 5) is 17.6. The van der Waals surface area contributed by atoms with Gasteiger partial charge in [-0.2, -0.15) is 0 Å². The van der Waals surface area contributed by atoms with E-state index >= 15 is 0 Å². The van der Waals surface area contributed by atoms with Gasteiger partial charge in [0.05, 0.1) is 17.8 Å². The van der Waals surface area contributed by atoms with Crippen molar-refractivity contribution in [3.63, 3.8) is 0 Å². The predicted octanol–water partition coefficient (Wildman–Crippen LogP) is 3.79. The van der Waals surface area contributed by atoms with Gasteiger partial charge in [-0.15, -0.1) is 0 Å². The van der Waals surface area contributed by atoms with E-state index in [1.165, 1.54) is 0 Å².